The minimum absolute atomic E-state index is 0.109. The third-order valence-electron chi connectivity index (χ3n) is 7.22. The predicted molar refractivity (Wildman–Crippen MR) is 173 cm³/mol. The first kappa shape index (κ1) is 28.1. The summed E-state index contributed by atoms with van der Waals surface area (Å²) in [6.45, 7) is 2.02. The molecule has 43 heavy (non-hydrogen) atoms. The van der Waals surface area contributed by atoms with Gasteiger partial charge in [0.2, 0.25) is 0 Å². The Labute approximate surface area is 255 Å². The molecule has 1 aromatic heterocycles. The molecule has 4 aromatic carbocycles. The number of nitrogens with zero attached hydrogens (tertiary/aromatic N) is 4. The first-order valence-corrected chi connectivity index (χ1v) is 14.7. The van der Waals surface area contributed by atoms with Crippen molar-refractivity contribution in [1.29, 1.82) is 0 Å². The number of rotatable bonds is 8. The Bertz CT molecular complexity index is 1780. The second kappa shape index (κ2) is 12.4. The number of ether oxygens (including phenoxy) is 2. The third kappa shape index (κ3) is 5.96. The molecule has 1 fully saturated rings. The number of benzene rings is 4. The van der Waals surface area contributed by atoms with E-state index in [1.807, 2.05) is 133 Å². The lowest BCUT2D eigenvalue weighted by molar-refractivity contribution is -0.123. The predicted octanol–water partition coefficient (Wildman–Crippen LogP) is 7.92. The van der Waals surface area contributed by atoms with Crippen LogP contribution in [-0.4, -0.2) is 40.0 Å². The van der Waals surface area contributed by atoms with Crippen molar-refractivity contribution in [3.8, 4) is 28.4 Å². The number of aromatic nitrogens is 2. The van der Waals surface area contributed by atoms with Gasteiger partial charge in [0.25, 0.3) is 5.91 Å². The van der Waals surface area contributed by atoms with E-state index < -0.39 is 0 Å². The minimum atomic E-state index is -0.225. The van der Waals surface area contributed by atoms with Crippen LogP contribution in [0.25, 0.3) is 23.0 Å². The van der Waals surface area contributed by atoms with E-state index in [2.05, 4.69) is 0 Å². The lowest BCUT2D eigenvalue weighted by Crippen LogP contribution is -2.32. The second-order valence-electron chi connectivity index (χ2n) is 9.91. The van der Waals surface area contributed by atoms with Crippen molar-refractivity contribution in [2.45, 2.75) is 13.0 Å². The summed E-state index contributed by atoms with van der Waals surface area (Å²) >= 11 is 1.36. The Hall–Kier alpha value is -5.08. The van der Waals surface area contributed by atoms with Gasteiger partial charge in [-0.2, -0.15) is 5.10 Å². The van der Waals surface area contributed by atoms with E-state index in [0.29, 0.717) is 10.1 Å². The number of para-hydroxylation sites is 1. The van der Waals surface area contributed by atoms with E-state index in [-0.39, 0.29) is 11.9 Å². The fraction of sp³-hybridized carbons (Fsp3) is 0.114. The lowest BCUT2D eigenvalue weighted by atomic mass is 10.1. The summed E-state index contributed by atoms with van der Waals surface area (Å²) in [6.07, 6.45) is 3.87. The van der Waals surface area contributed by atoms with Crippen LogP contribution in [0, 0.1) is 0 Å². The molecular weight excluding hydrogens is 556 g/mol. The van der Waals surface area contributed by atoms with E-state index in [1.54, 1.807) is 19.1 Å². The highest BCUT2D eigenvalue weighted by molar-refractivity contribution is 8.18. The van der Waals surface area contributed by atoms with Gasteiger partial charge in [-0.1, -0.05) is 48.5 Å². The molecule has 7 nitrogen and oxygen atoms in total. The largest absolute Gasteiger partial charge is 0.497 e. The van der Waals surface area contributed by atoms with Crippen molar-refractivity contribution in [1.82, 2.24) is 14.7 Å². The van der Waals surface area contributed by atoms with Crippen molar-refractivity contribution in [3.63, 3.8) is 0 Å². The lowest BCUT2D eigenvalue weighted by Gasteiger charge is -2.24. The first-order valence-electron chi connectivity index (χ1n) is 13.8. The number of carbonyl (C=O) groups is 1. The Balaban J connectivity index is 1.44. The highest BCUT2D eigenvalue weighted by Gasteiger charge is 2.37. The van der Waals surface area contributed by atoms with E-state index in [0.717, 1.165) is 45.3 Å². The highest BCUT2D eigenvalue weighted by Crippen LogP contribution is 2.40. The number of hydrogen-bond donors (Lipinski definition) is 0. The maximum absolute atomic E-state index is 14.1. The van der Waals surface area contributed by atoms with Crippen molar-refractivity contribution in [2.75, 3.05) is 14.2 Å². The first-order chi connectivity index (χ1) is 21.0. The van der Waals surface area contributed by atoms with Gasteiger partial charge in [-0.25, -0.2) is 9.67 Å². The quantitative estimate of drug-likeness (QED) is 0.173. The van der Waals surface area contributed by atoms with Crippen LogP contribution in [0.5, 0.6) is 11.5 Å². The molecule has 0 bridgehead atoms. The molecule has 0 N–H and O–H groups in total. The number of carbonyl (C=O) groups excluding carboxylic acids is 1. The fourth-order valence-electron chi connectivity index (χ4n) is 4.87. The molecule has 2 heterocycles. The Morgan fingerprint density at radius 1 is 0.814 bits per heavy atom. The molecule has 0 aliphatic carbocycles. The van der Waals surface area contributed by atoms with Crippen LogP contribution in [0.3, 0.4) is 0 Å². The zero-order chi connectivity index (χ0) is 29.8. The fourth-order valence-corrected chi connectivity index (χ4v) is 5.93. The van der Waals surface area contributed by atoms with E-state index in [4.69, 9.17) is 19.6 Å². The number of amidine groups is 1. The van der Waals surface area contributed by atoms with E-state index in [9.17, 15) is 4.79 Å². The van der Waals surface area contributed by atoms with Gasteiger partial charge in [0, 0.05) is 17.3 Å². The average molecular weight is 587 g/mol. The summed E-state index contributed by atoms with van der Waals surface area (Å²) in [5.41, 5.74) is 5.18. The smallest absolute Gasteiger partial charge is 0.267 e. The summed E-state index contributed by atoms with van der Waals surface area (Å²) in [6, 6.07) is 35.0. The van der Waals surface area contributed by atoms with Crippen LogP contribution in [0.2, 0.25) is 0 Å². The molecule has 0 radical (unpaired) electrons. The summed E-state index contributed by atoms with van der Waals surface area (Å²) in [7, 11) is 3.28. The molecule has 0 saturated carbocycles. The van der Waals surface area contributed by atoms with Crippen LogP contribution >= 0.6 is 11.8 Å². The summed E-state index contributed by atoms with van der Waals surface area (Å²) in [5.74, 6) is 1.40. The van der Waals surface area contributed by atoms with Gasteiger partial charge in [0.15, 0.2) is 5.17 Å². The van der Waals surface area contributed by atoms with Crippen LogP contribution in [0.15, 0.2) is 125 Å². The van der Waals surface area contributed by atoms with Crippen molar-refractivity contribution in [3.05, 3.63) is 131 Å². The van der Waals surface area contributed by atoms with Gasteiger partial charge < -0.3 is 9.47 Å². The SMILES string of the molecule is COc1ccc(N=C2SC(=Cc3cn(-c4ccccc4)nc3-c3ccc(OC)cc3)C(=O)N2C(C)c2ccccc2)cc1. The standard InChI is InChI=1S/C35H30N4O3S/c1-24(25-10-6-4-7-11-25)39-34(40)32(43-35(39)36-28-16-20-31(42-3)21-17-28)22-27-23-38(29-12-8-5-9-13-29)37-33(27)26-14-18-30(41-2)19-15-26/h4-24H,1-3H3. The summed E-state index contributed by atoms with van der Waals surface area (Å²) in [5, 5.41) is 5.54. The van der Waals surface area contributed by atoms with E-state index >= 15 is 0 Å². The minimum Gasteiger partial charge on any atom is -0.497 e. The molecule has 5 aromatic rings. The molecule has 6 rings (SSSR count). The van der Waals surface area contributed by atoms with Gasteiger partial charge in [-0.3, -0.25) is 9.69 Å². The van der Waals surface area contributed by atoms with Crippen molar-refractivity contribution < 1.29 is 14.3 Å². The Morgan fingerprint density at radius 2 is 1.42 bits per heavy atom. The number of methoxy groups -OCH3 is 2. The summed E-state index contributed by atoms with van der Waals surface area (Å²) in [4.78, 5) is 21.4. The average Bonchev–Trinajstić information content (AvgIpc) is 3.62. The van der Waals surface area contributed by atoms with Gasteiger partial charge in [-0.15, -0.1) is 0 Å². The number of thioether (sulfide) groups is 1. The molecular formula is C35H30N4O3S. The van der Waals surface area contributed by atoms with Crippen LogP contribution < -0.4 is 9.47 Å². The maximum atomic E-state index is 14.1. The summed E-state index contributed by atoms with van der Waals surface area (Å²) < 4.78 is 12.5. The molecule has 1 unspecified atom stereocenters. The van der Waals surface area contributed by atoms with Crippen molar-refractivity contribution in [2.24, 2.45) is 4.99 Å². The molecule has 8 heteroatoms. The number of aliphatic imine (C=N–C) groups is 1. The van der Waals surface area contributed by atoms with Crippen LogP contribution in [0.4, 0.5) is 5.69 Å². The van der Waals surface area contributed by atoms with Crippen LogP contribution in [0.1, 0.15) is 24.1 Å². The van der Waals surface area contributed by atoms with Gasteiger partial charge in [-0.05, 0) is 91.0 Å². The molecule has 1 aliphatic rings. The maximum Gasteiger partial charge on any atom is 0.267 e. The monoisotopic (exact) mass is 586 g/mol. The molecule has 214 valence electrons. The normalized spacial score (nSPS) is 15.7. The Morgan fingerprint density at radius 3 is 2.05 bits per heavy atom. The zero-order valence-electron chi connectivity index (χ0n) is 24.0. The highest BCUT2D eigenvalue weighted by atomic mass is 32.2. The molecule has 1 saturated heterocycles. The van der Waals surface area contributed by atoms with Gasteiger partial charge in [0.1, 0.15) is 11.5 Å². The number of hydrogen-bond acceptors (Lipinski definition) is 6. The van der Waals surface area contributed by atoms with Gasteiger partial charge >= 0.3 is 0 Å². The topological polar surface area (TPSA) is 69.0 Å². The third-order valence-corrected chi connectivity index (χ3v) is 8.20. The second-order valence-corrected chi connectivity index (χ2v) is 10.9. The molecule has 1 amide bonds. The van der Waals surface area contributed by atoms with Gasteiger partial charge in [0.05, 0.1) is 42.2 Å². The zero-order valence-corrected chi connectivity index (χ0v) is 24.9. The van der Waals surface area contributed by atoms with E-state index in [1.165, 1.54) is 11.8 Å². The van der Waals surface area contributed by atoms with Crippen molar-refractivity contribution >= 4 is 34.6 Å². The Kier molecular flexibility index (Phi) is 8.11. The molecule has 0 spiro atoms. The molecule has 1 atom stereocenters. The molecule has 1 aliphatic heterocycles. The number of amides is 1. The van der Waals surface area contributed by atoms with Crippen LogP contribution in [-0.2, 0) is 4.79 Å².